The number of anilines is 3. The van der Waals surface area contributed by atoms with E-state index in [-0.39, 0.29) is 17.7 Å². The number of nitrogen functional groups attached to an aromatic ring is 2. The van der Waals surface area contributed by atoms with Crippen LogP contribution in [0.15, 0.2) is 18.2 Å². The molecule has 2 aromatic rings. The Labute approximate surface area is 140 Å². The fourth-order valence-electron chi connectivity index (χ4n) is 3.78. The third kappa shape index (κ3) is 2.66. The van der Waals surface area contributed by atoms with E-state index in [0.29, 0.717) is 17.4 Å². The van der Waals surface area contributed by atoms with Crippen molar-refractivity contribution in [1.29, 1.82) is 0 Å². The highest BCUT2D eigenvalue weighted by molar-refractivity contribution is 5.54. The molecule has 1 aromatic heterocycles. The summed E-state index contributed by atoms with van der Waals surface area (Å²) in [5, 5.41) is 3.98. The molecule has 0 bridgehead atoms. The molecule has 3 heterocycles. The zero-order chi connectivity index (χ0) is 16.7. The van der Waals surface area contributed by atoms with Gasteiger partial charge in [0.2, 0.25) is 11.9 Å². The third-order valence-corrected chi connectivity index (χ3v) is 4.99. The molecule has 0 spiro atoms. The highest BCUT2D eigenvalue weighted by Gasteiger charge is 2.30. The molecule has 2 aliphatic heterocycles. The van der Waals surface area contributed by atoms with E-state index >= 15 is 0 Å². The lowest BCUT2D eigenvalue weighted by Crippen LogP contribution is -2.35. The summed E-state index contributed by atoms with van der Waals surface area (Å²) in [6, 6.07) is 5.56. The highest BCUT2D eigenvalue weighted by atomic mass is 19.1. The largest absolute Gasteiger partial charge is 0.368 e. The Morgan fingerprint density at radius 2 is 1.92 bits per heavy atom. The van der Waals surface area contributed by atoms with Crippen LogP contribution in [0.25, 0.3) is 5.69 Å². The van der Waals surface area contributed by atoms with Gasteiger partial charge in [-0.25, -0.2) is 4.39 Å². The van der Waals surface area contributed by atoms with Crippen molar-refractivity contribution in [3.63, 3.8) is 0 Å². The monoisotopic (exact) mass is 331 g/mol. The topological polar surface area (TPSA) is 89.2 Å². The van der Waals surface area contributed by atoms with E-state index in [2.05, 4.69) is 19.9 Å². The predicted molar refractivity (Wildman–Crippen MR) is 91.6 cm³/mol. The fourth-order valence-corrected chi connectivity index (χ4v) is 3.78. The molecule has 0 radical (unpaired) electrons. The van der Waals surface area contributed by atoms with Crippen LogP contribution in [-0.2, 0) is 0 Å². The van der Waals surface area contributed by atoms with Gasteiger partial charge in [-0.1, -0.05) is 0 Å². The highest BCUT2D eigenvalue weighted by Crippen LogP contribution is 2.29. The van der Waals surface area contributed by atoms with Crippen LogP contribution in [0.5, 0.6) is 0 Å². The maximum absolute atomic E-state index is 14.6. The van der Waals surface area contributed by atoms with Gasteiger partial charge in [0.1, 0.15) is 5.82 Å². The lowest BCUT2D eigenvalue weighted by Gasteiger charge is -2.24. The van der Waals surface area contributed by atoms with Crippen molar-refractivity contribution in [3.05, 3.63) is 24.0 Å². The molecule has 1 unspecified atom stereocenters. The summed E-state index contributed by atoms with van der Waals surface area (Å²) < 4.78 is 16.0. The minimum Gasteiger partial charge on any atom is -0.368 e. The average molecular weight is 331 g/mol. The van der Waals surface area contributed by atoms with E-state index < -0.39 is 0 Å². The number of nitrogens with zero attached hydrogens (tertiary/aromatic N) is 5. The maximum atomic E-state index is 14.6. The van der Waals surface area contributed by atoms with Gasteiger partial charge in [0.25, 0.3) is 0 Å². The molecule has 24 heavy (non-hydrogen) atoms. The van der Waals surface area contributed by atoms with Crippen LogP contribution in [-0.4, -0.2) is 51.9 Å². The number of hydrogen-bond donors (Lipinski definition) is 2. The molecule has 2 aliphatic rings. The quantitative estimate of drug-likeness (QED) is 0.880. The van der Waals surface area contributed by atoms with Gasteiger partial charge in [0.15, 0.2) is 0 Å². The number of likely N-dealkylation sites (tertiary alicyclic amines) is 1. The van der Waals surface area contributed by atoms with Gasteiger partial charge in [0.05, 0.1) is 11.4 Å². The Morgan fingerprint density at radius 3 is 2.58 bits per heavy atom. The SMILES string of the molecule is Nc1nc(N)n(-c2ccc(N3CCC(N4CCCC4)C3)c(F)c2)n1. The van der Waals surface area contributed by atoms with Crippen molar-refractivity contribution >= 4 is 17.6 Å². The molecular weight excluding hydrogens is 309 g/mol. The van der Waals surface area contributed by atoms with E-state index in [4.69, 9.17) is 11.5 Å². The first-order valence-corrected chi connectivity index (χ1v) is 8.39. The second-order valence-electron chi connectivity index (χ2n) is 6.51. The van der Waals surface area contributed by atoms with Crippen molar-refractivity contribution in [2.45, 2.75) is 25.3 Å². The summed E-state index contributed by atoms with van der Waals surface area (Å²) in [5.74, 6) is -0.0528. The smallest absolute Gasteiger partial charge is 0.241 e. The Kier molecular flexibility index (Phi) is 3.76. The number of halogens is 1. The molecule has 0 aliphatic carbocycles. The van der Waals surface area contributed by atoms with Gasteiger partial charge in [-0.05, 0) is 44.5 Å². The van der Waals surface area contributed by atoms with Crippen LogP contribution >= 0.6 is 0 Å². The standard InChI is InChI=1S/C16H22FN7/c17-13-9-11(24-16(19)20-15(18)21-24)3-4-14(13)23-8-5-12(10-23)22-6-1-2-7-22/h3-4,9,12H,1-2,5-8,10H2,(H4,18,19,20,21). The Hall–Kier alpha value is -2.35. The summed E-state index contributed by atoms with van der Waals surface area (Å²) >= 11 is 0. The Balaban J connectivity index is 1.53. The van der Waals surface area contributed by atoms with E-state index in [0.717, 1.165) is 19.5 Å². The zero-order valence-corrected chi connectivity index (χ0v) is 13.5. The molecule has 128 valence electrons. The van der Waals surface area contributed by atoms with Crippen LogP contribution in [0.4, 0.5) is 22.0 Å². The molecule has 0 amide bonds. The van der Waals surface area contributed by atoms with Crippen LogP contribution in [0.3, 0.4) is 0 Å². The van der Waals surface area contributed by atoms with Crippen LogP contribution < -0.4 is 16.4 Å². The first-order valence-electron chi connectivity index (χ1n) is 8.39. The minimum atomic E-state index is -0.275. The van der Waals surface area contributed by atoms with Crippen LogP contribution in [0.2, 0.25) is 0 Å². The van der Waals surface area contributed by atoms with Crippen LogP contribution in [0, 0.1) is 5.82 Å². The lowest BCUT2D eigenvalue weighted by atomic mass is 10.2. The van der Waals surface area contributed by atoms with Gasteiger partial charge < -0.3 is 16.4 Å². The summed E-state index contributed by atoms with van der Waals surface area (Å²) in [5.41, 5.74) is 12.4. The molecule has 4 N–H and O–H groups in total. The van der Waals surface area contributed by atoms with Crippen LogP contribution in [0.1, 0.15) is 19.3 Å². The zero-order valence-electron chi connectivity index (χ0n) is 13.5. The number of rotatable bonds is 3. The molecule has 2 saturated heterocycles. The number of nitrogens with two attached hydrogens (primary N) is 2. The third-order valence-electron chi connectivity index (χ3n) is 4.99. The molecule has 4 rings (SSSR count). The summed E-state index contributed by atoms with van der Waals surface area (Å²) in [6.45, 7) is 4.12. The molecule has 7 nitrogen and oxygen atoms in total. The van der Waals surface area contributed by atoms with E-state index in [9.17, 15) is 4.39 Å². The first-order chi connectivity index (χ1) is 11.6. The molecule has 8 heteroatoms. The number of aromatic nitrogens is 3. The fraction of sp³-hybridized carbons (Fsp3) is 0.500. The molecular formula is C16H22FN7. The van der Waals surface area contributed by atoms with E-state index in [1.54, 1.807) is 12.1 Å². The maximum Gasteiger partial charge on any atom is 0.241 e. The number of hydrogen-bond acceptors (Lipinski definition) is 6. The Bertz CT molecular complexity index is 738. The van der Waals surface area contributed by atoms with Crippen molar-refractivity contribution in [3.8, 4) is 5.69 Å². The summed E-state index contributed by atoms with van der Waals surface area (Å²) in [6.07, 6.45) is 3.65. The van der Waals surface area contributed by atoms with E-state index in [1.807, 2.05) is 0 Å². The predicted octanol–water partition coefficient (Wildman–Crippen LogP) is 1.25. The molecule has 1 aromatic carbocycles. The second-order valence-corrected chi connectivity index (χ2v) is 6.51. The van der Waals surface area contributed by atoms with E-state index in [1.165, 1.54) is 36.7 Å². The first kappa shape index (κ1) is 15.2. The summed E-state index contributed by atoms with van der Waals surface area (Å²) in [4.78, 5) is 8.50. The van der Waals surface area contributed by atoms with Crippen molar-refractivity contribution in [2.24, 2.45) is 0 Å². The number of benzene rings is 1. The lowest BCUT2D eigenvalue weighted by molar-refractivity contribution is 0.260. The second kappa shape index (κ2) is 5.94. The molecule has 0 saturated carbocycles. The molecule has 2 fully saturated rings. The van der Waals surface area contributed by atoms with Gasteiger partial charge in [0, 0.05) is 25.2 Å². The van der Waals surface area contributed by atoms with Crippen molar-refractivity contribution in [1.82, 2.24) is 19.7 Å². The average Bonchev–Trinajstić information content (AvgIpc) is 3.27. The molecule has 1 atom stereocenters. The van der Waals surface area contributed by atoms with Crippen molar-refractivity contribution < 1.29 is 4.39 Å². The minimum absolute atomic E-state index is 0.0741. The van der Waals surface area contributed by atoms with Gasteiger partial charge >= 0.3 is 0 Å². The normalized spacial score (nSPS) is 21.7. The Morgan fingerprint density at radius 1 is 1.12 bits per heavy atom. The van der Waals surface area contributed by atoms with Gasteiger partial charge in [-0.3, -0.25) is 4.90 Å². The van der Waals surface area contributed by atoms with Gasteiger partial charge in [-0.15, -0.1) is 5.10 Å². The summed E-state index contributed by atoms with van der Waals surface area (Å²) in [7, 11) is 0. The van der Waals surface area contributed by atoms with Crippen molar-refractivity contribution in [2.75, 3.05) is 42.5 Å². The van der Waals surface area contributed by atoms with Gasteiger partial charge in [-0.2, -0.15) is 9.67 Å².